The first-order chi connectivity index (χ1) is 11.5. The van der Waals surface area contributed by atoms with Crippen LogP contribution in [0.2, 0.25) is 4.34 Å². The van der Waals surface area contributed by atoms with Crippen molar-refractivity contribution in [2.24, 2.45) is 11.8 Å². The maximum atomic E-state index is 12.6. The zero-order valence-corrected chi connectivity index (χ0v) is 15.0. The third kappa shape index (κ3) is 3.26. The van der Waals surface area contributed by atoms with Crippen LogP contribution >= 0.6 is 22.9 Å². The van der Waals surface area contributed by atoms with Gasteiger partial charge in [-0.3, -0.25) is 19.3 Å². The lowest BCUT2D eigenvalue weighted by Gasteiger charge is -2.23. The maximum absolute atomic E-state index is 12.6. The summed E-state index contributed by atoms with van der Waals surface area (Å²) in [6.07, 6.45) is 5.06. The van der Waals surface area contributed by atoms with Gasteiger partial charge in [-0.1, -0.05) is 23.8 Å². The number of carbonyl (C=O) groups is 3. The van der Waals surface area contributed by atoms with Gasteiger partial charge in [0.15, 0.2) is 0 Å². The van der Waals surface area contributed by atoms with Crippen LogP contribution in [0.25, 0.3) is 0 Å². The molecule has 2 atom stereocenters. The van der Waals surface area contributed by atoms with Crippen molar-refractivity contribution in [2.75, 3.05) is 13.1 Å². The van der Waals surface area contributed by atoms with Crippen LogP contribution in [0.15, 0.2) is 24.3 Å². The molecule has 2 unspecified atom stereocenters. The van der Waals surface area contributed by atoms with Gasteiger partial charge in [-0.2, -0.15) is 0 Å². The van der Waals surface area contributed by atoms with E-state index in [1.807, 2.05) is 25.1 Å². The predicted molar refractivity (Wildman–Crippen MR) is 92.5 cm³/mol. The molecule has 24 heavy (non-hydrogen) atoms. The molecule has 0 radical (unpaired) electrons. The van der Waals surface area contributed by atoms with Crippen LogP contribution in [0, 0.1) is 11.8 Å². The molecule has 1 saturated heterocycles. The highest BCUT2D eigenvalue weighted by molar-refractivity contribution is 7.16. The molecular weight excluding hydrogens is 348 g/mol. The first kappa shape index (κ1) is 17.2. The highest BCUT2D eigenvalue weighted by Crippen LogP contribution is 2.35. The Labute approximate surface area is 149 Å². The fraction of sp³-hybridized carbons (Fsp3) is 0.471. The van der Waals surface area contributed by atoms with Gasteiger partial charge in [0, 0.05) is 11.4 Å². The summed E-state index contributed by atoms with van der Waals surface area (Å²) in [6, 6.07) is 3.68. The van der Waals surface area contributed by atoms with Crippen molar-refractivity contribution in [3.63, 3.8) is 0 Å². The van der Waals surface area contributed by atoms with Gasteiger partial charge in [-0.25, -0.2) is 0 Å². The zero-order chi connectivity index (χ0) is 17.3. The summed E-state index contributed by atoms with van der Waals surface area (Å²) < 4.78 is 0.676. The minimum Gasteiger partial charge on any atom is -0.336 e. The van der Waals surface area contributed by atoms with E-state index in [0.717, 1.165) is 9.78 Å². The van der Waals surface area contributed by atoms with E-state index in [1.165, 1.54) is 11.3 Å². The number of fused-ring (bicyclic) bond motifs is 1. The molecule has 1 aromatic rings. The normalized spacial score (nSPS) is 22.8. The van der Waals surface area contributed by atoms with Crippen molar-refractivity contribution in [3.05, 3.63) is 33.5 Å². The van der Waals surface area contributed by atoms with E-state index in [0.29, 0.717) is 30.3 Å². The summed E-state index contributed by atoms with van der Waals surface area (Å²) in [4.78, 5) is 41.2. The summed E-state index contributed by atoms with van der Waals surface area (Å²) >= 11 is 7.35. The van der Waals surface area contributed by atoms with Gasteiger partial charge in [-0.15, -0.1) is 11.3 Å². The van der Waals surface area contributed by atoms with Crippen LogP contribution in [-0.2, 0) is 20.9 Å². The third-order valence-electron chi connectivity index (χ3n) is 4.60. The van der Waals surface area contributed by atoms with Crippen molar-refractivity contribution in [1.29, 1.82) is 0 Å². The number of carbonyl (C=O) groups excluding carboxylic acids is 3. The van der Waals surface area contributed by atoms with Gasteiger partial charge in [0.05, 0.1) is 22.7 Å². The Kier molecular flexibility index (Phi) is 5.06. The molecule has 1 aromatic heterocycles. The van der Waals surface area contributed by atoms with Gasteiger partial charge in [0.25, 0.3) is 0 Å². The van der Waals surface area contributed by atoms with Crippen molar-refractivity contribution in [3.8, 4) is 0 Å². The van der Waals surface area contributed by atoms with Crippen LogP contribution < -0.4 is 0 Å². The number of imide groups is 1. The number of allylic oxidation sites excluding steroid dienone is 2. The highest BCUT2D eigenvalue weighted by atomic mass is 35.5. The van der Waals surface area contributed by atoms with Crippen LogP contribution in [0.3, 0.4) is 0 Å². The van der Waals surface area contributed by atoms with Gasteiger partial charge in [-0.05, 0) is 31.9 Å². The fourth-order valence-electron chi connectivity index (χ4n) is 3.26. The second-order valence-electron chi connectivity index (χ2n) is 6.03. The van der Waals surface area contributed by atoms with Gasteiger partial charge >= 0.3 is 0 Å². The topological polar surface area (TPSA) is 57.7 Å². The molecule has 0 N–H and O–H groups in total. The lowest BCUT2D eigenvalue weighted by Crippen LogP contribution is -2.42. The molecule has 0 spiro atoms. The standard InChI is InChI=1S/C17H19ClN2O3S/c1-2-19(9-11-7-8-14(18)24-11)15(21)10-20-16(22)12-5-3-4-6-13(12)17(20)23/h3-4,7-8,12-13H,2,5-6,9-10H2,1H3. The van der Waals surface area contributed by atoms with E-state index in [9.17, 15) is 14.4 Å². The number of thiophene rings is 1. The SMILES string of the molecule is CCN(Cc1ccc(Cl)s1)C(=O)CN1C(=O)C2CC=CCC2C1=O. The van der Waals surface area contributed by atoms with E-state index in [1.54, 1.807) is 11.0 Å². The van der Waals surface area contributed by atoms with E-state index >= 15 is 0 Å². The maximum Gasteiger partial charge on any atom is 0.243 e. The van der Waals surface area contributed by atoms with Gasteiger partial charge < -0.3 is 4.90 Å². The van der Waals surface area contributed by atoms with E-state index in [2.05, 4.69) is 0 Å². The summed E-state index contributed by atoms with van der Waals surface area (Å²) in [5, 5.41) is 0. The number of hydrogen-bond acceptors (Lipinski definition) is 4. The molecule has 1 aliphatic heterocycles. The Hall–Kier alpha value is -1.66. The first-order valence-corrected chi connectivity index (χ1v) is 9.23. The number of nitrogens with zero attached hydrogens (tertiary/aromatic N) is 2. The molecule has 128 valence electrons. The van der Waals surface area contributed by atoms with Crippen molar-refractivity contribution < 1.29 is 14.4 Å². The second-order valence-corrected chi connectivity index (χ2v) is 7.83. The van der Waals surface area contributed by atoms with E-state index in [4.69, 9.17) is 11.6 Å². The molecule has 5 nitrogen and oxygen atoms in total. The molecule has 3 amide bonds. The molecule has 3 rings (SSSR count). The molecule has 1 aliphatic carbocycles. The third-order valence-corrected chi connectivity index (χ3v) is 5.82. The predicted octanol–water partition coefficient (Wildman–Crippen LogP) is 2.70. The summed E-state index contributed by atoms with van der Waals surface area (Å²) in [5.74, 6) is -1.21. The van der Waals surface area contributed by atoms with Crippen LogP contribution in [0.4, 0.5) is 0 Å². The average Bonchev–Trinajstić information content (AvgIpc) is 3.10. The lowest BCUT2D eigenvalue weighted by atomic mass is 9.85. The summed E-state index contributed by atoms with van der Waals surface area (Å²) in [5.41, 5.74) is 0. The summed E-state index contributed by atoms with van der Waals surface area (Å²) in [7, 11) is 0. The fourth-order valence-corrected chi connectivity index (χ4v) is 4.36. The Morgan fingerprint density at radius 1 is 1.25 bits per heavy atom. The number of amides is 3. The Bertz CT molecular complexity index is 674. The lowest BCUT2D eigenvalue weighted by molar-refractivity contribution is -0.146. The second kappa shape index (κ2) is 7.07. The molecule has 2 aliphatic rings. The molecule has 2 heterocycles. The van der Waals surface area contributed by atoms with Crippen LogP contribution in [0.5, 0.6) is 0 Å². The number of likely N-dealkylation sites (N-methyl/N-ethyl adjacent to an activating group) is 1. The van der Waals surface area contributed by atoms with E-state index in [-0.39, 0.29) is 36.1 Å². The highest BCUT2D eigenvalue weighted by Gasteiger charge is 2.47. The van der Waals surface area contributed by atoms with Crippen molar-refractivity contribution in [2.45, 2.75) is 26.3 Å². The number of likely N-dealkylation sites (tertiary alicyclic amines) is 1. The molecular formula is C17H19ClN2O3S. The average molecular weight is 367 g/mol. The van der Waals surface area contributed by atoms with E-state index < -0.39 is 0 Å². The quantitative estimate of drug-likeness (QED) is 0.594. The van der Waals surface area contributed by atoms with Gasteiger partial charge in [0.1, 0.15) is 6.54 Å². The monoisotopic (exact) mass is 366 g/mol. The minimum absolute atomic E-state index is 0.169. The smallest absolute Gasteiger partial charge is 0.243 e. The molecule has 7 heteroatoms. The van der Waals surface area contributed by atoms with Crippen LogP contribution in [0.1, 0.15) is 24.6 Å². The molecule has 0 bridgehead atoms. The molecule has 0 aromatic carbocycles. The summed E-state index contributed by atoms with van der Waals surface area (Å²) in [6.45, 7) is 2.67. The number of hydrogen-bond donors (Lipinski definition) is 0. The Balaban J connectivity index is 1.67. The molecule has 0 saturated carbocycles. The zero-order valence-electron chi connectivity index (χ0n) is 13.4. The number of rotatable bonds is 5. The Morgan fingerprint density at radius 2 is 1.88 bits per heavy atom. The first-order valence-electron chi connectivity index (χ1n) is 8.03. The largest absolute Gasteiger partial charge is 0.336 e. The van der Waals surface area contributed by atoms with Crippen molar-refractivity contribution >= 4 is 40.7 Å². The Morgan fingerprint density at radius 3 is 2.38 bits per heavy atom. The van der Waals surface area contributed by atoms with Crippen LogP contribution in [-0.4, -0.2) is 40.6 Å². The minimum atomic E-state index is -0.290. The van der Waals surface area contributed by atoms with Crippen molar-refractivity contribution in [1.82, 2.24) is 9.80 Å². The van der Waals surface area contributed by atoms with Gasteiger partial charge in [0.2, 0.25) is 17.7 Å². The molecule has 1 fully saturated rings. The number of halogens is 1.